The second-order valence-corrected chi connectivity index (χ2v) is 3.91. The fourth-order valence-corrected chi connectivity index (χ4v) is 1.29. The van der Waals surface area contributed by atoms with Crippen LogP contribution >= 0.6 is 0 Å². The Morgan fingerprint density at radius 3 is 1.91 bits per heavy atom. The number of carbonyl (C=O) groups is 1. The molecule has 3 N–H and O–H groups in total. The summed E-state index contributed by atoms with van der Waals surface area (Å²) in [6.07, 6.45) is 0. The molecule has 4 heteroatoms. The van der Waals surface area contributed by atoms with Gasteiger partial charge in [0.05, 0.1) is 0 Å². The van der Waals surface area contributed by atoms with Gasteiger partial charge in [-0.25, -0.2) is 0 Å². The Hall–Kier alpha value is -0.610. The van der Waals surface area contributed by atoms with Crippen molar-refractivity contribution < 1.29 is 10.0 Å². The summed E-state index contributed by atoms with van der Waals surface area (Å²) in [7, 11) is 0. The highest BCUT2D eigenvalue weighted by molar-refractivity contribution is 5.88. The molecule has 64 valence electrons. The molecule has 0 aromatic rings. The molecule has 0 bridgehead atoms. The van der Waals surface area contributed by atoms with E-state index in [9.17, 15) is 4.79 Å². The SMILES string of the molecule is CC1(C)NC(=O)C(C)(C)N1[OH2+]. The van der Waals surface area contributed by atoms with Gasteiger partial charge in [0, 0.05) is 0 Å². The van der Waals surface area contributed by atoms with Crippen molar-refractivity contribution in [2.45, 2.75) is 38.9 Å². The van der Waals surface area contributed by atoms with E-state index >= 15 is 0 Å². The molecule has 0 radical (unpaired) electrons. The van der Waals surface area contributed by atoms with Gasteiger partial charge < -0.3 is 10.5 Å². The first-order valence-electron chi connectivity index (χ1n) is 3.62. The van der Waals surface area contributed by atoms with Crippen LogP contribution in [-0.2, 0) is 4.79 Å². The zero-order valence-corrected chi connectivity index (χ0v) is 7.36. The molecular formula is C7H15N2O2+. The molecule has 0 aromatic carbocycles. The van der Waals surface area contributed by atoms with E-state index in [0.717, 1.165) is 0 Å². The van der Waals surface area contributed by atoms with Gasteiger partial charge in [-0.1, -0.05) is 0 Å². The fourth-order valence-electron chi connectivity index (χ4n) is 1.29. The number of carbonyl (C=O) groups excluding carboxylic acids is 1. The second-order valence-electron chi connectivity index (χ2n) is 3.91. The van der Waals surface area contributed by atoms with Gasteiger partial charge in [-0.2, -0.15) is 0 Å². The van der Waals surface area contributed by atoms with E-state index in [1.54, 1.807) is 13.8 Å². The Balaban J connectivity index is 2.98. The third kappa shape index (κ3) is 1.02. The summed E-state index contributed by atoms with van der Waals surface area (Å²) in [4.78, 5) is 11.2. The topological polar surface area (TPSA) is 55.2 Å². The normalized spacial score (nSPS) is 28.6. The van der Waals surface area contributed by atoms with Gasteiger partial charge in [-0.15, -0.1) is 0 Å². The Morgan fingerprint density at radius 2 is 1.82 bits per heavy atom. The largest absolute Gasteiger partial charge is 0.336 e. The van der Waals surface area contributed by atoms with Crippen molar-refractivity contribution in [3.63, 3.8) is 0 Å². The smallest absolute Gasteiger partial charge is 0.248 e. The average molecular weight is 159 g/mol. The number of rotatable bonds is 0. The van der Waals surface area contributed by atoms with E-state index in [0.29, 0.717) is 0 Å². The standard InChI is InChI=1S/C7H14N2O2/c1-6(2)5(10)8-7(3,4)9(6)11/h11H,1-4H3,(H,8,10)/p+1. The molecular weight excluding hydrogens is 144 g/mol. The van der Waals surface area contributed by atoms with Crippen molar-refractivity contribution >= 4 is 5.91 Å². The van der Waals surface area contributed by atoms with Crippen LogP contribution in [0.2, 0.25) is 0 Å². The maximum Gasteiger partial charge on any atom is 0.248 e. The van der Waals surface area contributed by atoms with Crippen LogP contribution in [-0.4, -0.2) is 27.4 Å². The molecule has 0 atom stereocenters. The molecule has 0 unspecified atom stereocenters. The fraction of sp³-hybridized carbons (Fsp3) is 0.857. The molecule has 0 saturated carbocycles. The van der Waals surface area contributed by atoms with Gasteiger partial charge in [-0.05, 0) is 32.8 Å². The highest BCUT2D eigenvalue weighted by Gasteiger charge is 2.54. The van der Waals surface area contributed by atoms with Crippen LogP contribution in [0, 0.1) is 0 Å². The molecule has 1 fully saturated rings. The van der Waals surface area contributed by atoms with Crippen molar-refractivity contribution in [1.29, 1.82) is 0 Å². The highest BCUT2D eigenvalue weighted by atomic mass is 16.5. The average Bonchev–Trinajstić information content (AvgIpc) is 1.94. The number of amides is 1. The van der Waals surface area contributed by atoms with Crippen LogP contribution in [0.15, 0.2) is 0 Å². The minimum atomic E-state index is -0.705. The lowest BCUT2D eigenvalue weighted by Crippen LogP contribution is -2.48. The minimum absolute atomic E-state index is 0.0856. The number of nitrogens with one attached hydrogen (secondary N) is 1. The first kappa shape index (κ1) is 8.49. The number of hydroxylamine groups is 2. The molecule has 4 nitrogen and oxygen atoms in total. The summed E-state index contributed by atoms with van der Waals surface area (Å²) in [6, 6.07) is 0. The van der Waals surface area contributed by atoms with E-state index in [2.05, 4.69) is 5.32 Å². The van der Waals surface area contributed by atoms with Crippen LogP contribution in [0.25, 0.3) is 0 Å². The lowest BCUT2D eigenvalue weighted by Gasteiger charge is -2.25. The summed E-state index contributed by atoms with van der Waals surface area (Å²) in [5.41, 5.74) is -1.25. The maximum atomic E-state index is 11.2. The Labute approximate surface area is 66.1 Å². The van der Waals surface area contributed by atoms with Crippen molar-refractivity contribution in [2.24, 2.45) is 0 Å². The first-order chi connectivity index (χ1) is 4.78. The number of nitrogens with zero attached hydrogens (tertiary/aromatic N) is 1. The molecule has 11 heavy (non-hydrogen) atoms. The molecule has 1 aliphatic rings. The van der Waals surface area contributed by atoms with Gasteiger partial charge >= 0.3 is 0 Å². The predicted octanol–water partition coefficient (Wildman–Crippen LogP) is -0.428. The molecule has 1 amide bonds. The van der Waals surface area contributed by atoms with E-state index in [-0.39, 0.29) is 5.91 Å². The minimum Gasteiger partial charge on any atom is -0.336 e. The predicted molar refractivity (Wildman–Crippen MR) is 41.8 cm³/mol. The van der Waals surface area contributed by atoms with Crippen molar-refractivity contribution in [3.05, 3.63) is 0 Å². The molecule has 1 aliphatic heterocycles. The van der Waals surface area contributed by atoms with E-state index in [4.69, 9.17) is 5.21 Å². The second kappa shape index (κ2) is 1.95. The Morgan fingerprint density at radius 1 is 1.36 bits per heavy atom. The van der Waals surface area contributed by atoms with Crippen LogP contribution < -0.4 is 5.32 Å². The lowest BCUT2D eigenvalue weighted by molar-refractivity contribution is -0.195. The van der Waals surface area contributed by atoms with Gasteiger partial charge in [0.15, 0.2) is 11.2 Å². The van der Waals surface area contributed by atoms with Crippen LogP contribution in [0.1, 0.15) is 27.7 Å². The quantitative estimate of drug-likeness (QED) is 0.488. The van der Waals surface area contributed by atoms with E-state index in [1.165, 1.54) is 5.06 Å². The molecule has 0 aliphatic carbocycles. The van der Waals surface area contributed by atoms with Crippen LogP contribution in [0.4, 0.5) is 0 Å². The first-order valence-corrected chi connectivity index (χ1v) is 3.62. The van der Waals surface area contributed by atoms with Gasteiger partial charge in [0.25, 0.3) is 0 Å². The molecule has 0 aromatic heterocycles. The van der Waals surface area contributed by atoms with Crippen LogP contribution in [0.5, 0.6) is 0 Å². The zero-order chi connectivity index (χ0) is 8.86. The summed E-state index contributed by atoms with van der Waals surface area (Å²) >= 11 is 0. The zero-order valence-electron chi connectivity index (χ0n) is 7.36. The van der Waals surface area contributed by atoms with E-state index < -0.39 is 11.2 Å². The summed E-state index contributed by atoms with van der Waals surface area (Å²) in [5, 5.41) is 11.6. The van der Waals surface area contributed by atoms with Gasteiger partial charge in [-0.3, -0.25) is 4.79 Å². The summed E-state index contributed by atoms with van der Waals surface area (Å²) < 4.78 is 0. The van der Waals surface area contributed by atoms with Gasteiger partial charge in [0.2, 0.25) is 5.91 Å². The van der Waals surface area contributed by atoms with Crippen LogP contribution in [0.3, 0.4) is 0 Å². The van der Waals surface area contributed by atoms with Gasteiger partial charge in [0.1, 0.15) is 0 Å². The van der Waals surface area contributed by atoms with Crippen molar-refractivity contribution in [1.82, 2.24) is 10.4 Å². The summed E-state index contributed by atoms with van der Waals surface area (Å²) in [6.45, 7) is 7.10. The Bertz CT molecular complexity index is 199. The lowest BCUT2D eigenvalue weighted by atomic mass is 10.1. The molecule has 1 rings (SSSR count). The number of hydrogen-bond donors (Lipinski definition) is 1. The van der Waals surface area contributed by atoms with E-state index in [1.807, 2.05) is 13.8 Å². The third-order valence-electron chi connectivity index (χ3n) is 2.09. The van der Waals surface area contributed by atoms with Crippen molar-refractivity contribution in [3.8, 4) is 0 Å². The molecule has 1 saturated heterocycles. The third-order valence-corrected chi connectivity index (χ3v) is 2.09. The summed E-state index contributed by atoms with van der Waals surface area (Å²) in [5.74, 6) is -0.0856. The molecule has 1 heterocycles. The highest BCUT2D eigenvalue weighted by Crippen LogP contribution is 2.27. The van der Waals surface area contributed by atoms with Crippen molar-refractivity contribution in [2.75, 3.05) is 0 Å². The molecule has 0 spiro atoms. The maximum absolute atomic E-state index is 11.2. The monoisotopic (exact) mass is 159 g/mol. The number of hydrogen-bond acceptors (Lipinski definition) is 2. The Kier molecular flexibility index (Phi) is 1.51.